The second-order valence-corrected chi connectivity index (χ2v) is 6.97. The highest BCUT2D eigenvalue weighted by Gasteiger charge is 2.67. The maximum absolute atomic E-state index is 12.9. The summed E-state index contributed by atoms with van der Waals surface area (Å²) in [5.74, 6) is -1.83. The van der Waals surface area contributed by atoms with Crippen LogP contribution >= 0.6 is 11.6 Å². The van der Waals surface area contributed by atoms with Crippen molar-refractivity contribution in [3.63, 3.8) is 0 Å². The summed E-state index contributed by atoms with van der Waals surface area (Å²) < 4.78 is 43.4. The van der Waals surface area contributed by atoms with Gasteiger partial charge in [0.1, 0.15) is 0 Å². The maximum Gasteiger partial charge on any atom is 0.416 e. The quantitative estimate of drug-likeness (QED) is 0.554. The Morgan fingerprint density at radius 1 is 1.21 bits per heavy atom. The minimum atomic E-state index is -4.45. The Hall–Kier alpha value is -2.54. The number of esters is 1. The molecule has 4 nitrogen and oxygen atoms in total. The summed E-state index contributed by atoms with van der Waals surface area (Å²) >= 11 is 5.91. The maximum atomic E-state index is 12.9. The van der Waals surface area contributed by atoms with Crippen LogP contribution in [0.25, 0.3) is 0 Å². The summed E-state index contributed by atoms with van der Waals surface area (Å²) in [4.78, 5) is 25.4. The lowest BCUT2D eigenvalue weighted by Crippen LogP contribution is -2.34. The molecule has 0 radical (unpaired) electrons. The molecule has 2 atom stereocenters. The minimum absolute atomic E-state index is 0.0881. The number of hydrogen-bond donors (Lipinski definition) is 1. The molecule has 2 unspecified atom stereocenters. The van der Waals surface area contributed by atoms with Crippen LogP contribution in [0.15, 0.2) is 48.5 Å². The van der Waals surface area contributed by atoms with Crippen LogP contribution in [0.5, 0.6) is 0 Å². The Morgan fingerprint density at radius 3 is 2.46 bits per heavy atom. The van der Waals surface area contributed by atoms with Gasteiger partial charge < -0.3 is 10.1 Å². The van der Waals surface area contributed by atoms with Gasteiger partial charge in [-0.2, -0.15) is 13.2 Å². The Bertz CT molecular complexity index is 898. The number of anilines is 1. The standard InChI is InChI=1S/C20H17ClF3NO3/c1-2-28-18(27)19(17(26)25-15-5-3-4-14(21)10-15)11-16(19)12-6-8-13(9-7-12)20(22,23)24/h3-10,16H,2,11H2,1H3,(H,25,26). The number of amides is 1. The molecule has 1 amide bonds. The van der Waals surface area contributed by atoms with Crippen LogP contribution < -0.4 is 5.32 Å². The number of ether oxygens (including phenoxy) is 1. The normalized spacial score (nSPS) is 21.1. The zero-order valence-electron chi connectivity index (χ0n) is 14.8. The topological polar surface area (TPSA) is 55.4 Å². The molecule has 2 aromatic rings. The van der Waals surface area contributed by atoms with E-state index in [0.29, 0.717) is 16.3 Å². The van der Waals surface area contributed by atoms with E-state index in [1.54, 1.807) is 25.1 Å². The van der Waals surface area contributed by atoms with Crippen LogP contribution in [0.2, 0.25) is 5.02 Å². The van der Waals surface area contributed by atoms with Crippen molar-refractivity contribution in [2.75, 3.05) is 11.9 Å². The van der Waals surface area contributed by atoms with Crippen LogP contribution in [-0.2, 0) is 20.5 Å². The summed E-state index contributed by atoms with van der Waals surface area (Å²) in [5.41, 5.74) is -1.37. The number of halogens is 4. The third-order valence-corrected chi connectivity index (χ3v) is 4.96. The van der Waals surface area contributed by atoms with Gasteiger partial charge in [-0.05, 0) is 49.2 Å². The predicted molar refractivity (Wildman–Crippen MR) is 97.9 cm³/mol. The van der Waals surface area contributed by atoms with Gasteiger partial charge in [0.15, 0.2) is 5.41 Å². The van der Waals surface area contributed by atoms with Crippen LogP contribution in [0.1, 0.15) is 30.4 Å². The van der Waals surface area contributed by atoms with Crippen molar-refractivity contribution in [3.05, 3.63) is 64.7 Å². The van der Waals surface area contributed by atoms with Crippen molar-refractivity contribution in [2.24, 2.45) is 5.41 Å². The van der Waals surface area contributed by atoms with E-state index >= 15 is 0 Å². The molecule has 1 saturated carbocycles. The van der Waals surface area contributed by atoms with Crippen molar-refractivity contribution < 1.29 is 27.5 Å². The molecular formula is C20H17ClF3NO3. The fourth-order valence-electron chi connectivity index (χ4n) is 3.21. The summed E-state index contributed by atoms with van der Waals surface area (Å²) in [6.45, 7) is 1.71. The Morgan fingerprint density at radius 2 is 1.89 bits per heavy atom. The number of hydrogen-bond acceptors (Lipinski definition) is 3. The fourth-order valence-corrected chi connectivity index (χ4v) is 3.40. The monoisotopic (exact) mass is 411 g/mol. The van der Waals surface area contributed by atoms with Crippen LogP contribution in [0.3, 0.4) is 0 Å². The van der Waals surface area contributed by atoms with E-state index in [1.165, 1.54) is 18.2 Å². The lowest BCUT2D eigenvalue weighted by atomic mass is 9.97. The van der Waals surface area contributed by atoms with Crippen LogP contribution in [0, 0.1) is 5.41 Å². The Kier molecular flexibility index (Phi) is 5.39. The third kappa shape index (κ3) is 3.85. The Labute approximate surface area is 164 Å². The molecule has 0 spiro atoms. The highest BCUT2D eigenvalue weighted by molar-refractivity contribution is 6.31. The van der Waals surface area contributed by atoms with Crippen molar-refractivity contribution in [1.82, 2.24) is 0 Å². The number of carbonyl (C=O) groups is 2. The minimum Gasteiger partial charge on any atom is -0.465 e. The van der Waals surface area contributed by atoms with Crippen LogP contribution in [0.4, 0.5) is 18.9 Å². The molecule has 1 aliphatic rings. The first-order valence-electron chi connectivity index (χ1n) is 8.60. The fraction of sp³-hybridized carbons (Fsp3) is 0.300. The molecule has 0 aliphatic heterocycles. The molecule has 1 aliphatic carbocycles. The van der Waals surface area contributed by atoms with Gasteiger partial charge in [-0.1, -0.05) is 29.8 Å². The highest BCUT2D eigenvalue weighted by Crippen LogP contribution is 2.60. The second kappa shape index (κ2) is 7.47. The van der Waals surface area contributed by atoms with Gasteiger partial charge >= 0.3 is 12.1 Å². The first-order chi connectivity index (χ1) is 13.2. The number of nitrogens with one attached hydrogen (secondary N) is 1. The molecule has 1 N–H and O–H groups in total. The van der Waals surface area contributed by atoms with E-state index in [1.807, 2.05) is 0 Å². The Balaban J connectivity index is 1.86. The second-order valence-electron chi connectivity index (χ2n) is 6.53. The van der Waals surface area contributed by atoms with Gasteiger partial charge in [0, 0.05) is 16.6 Å². The highest BCUT2D eigenvalue weighted by atomic mass is 35.5. The predicted octanol–water partition coefficient (Wildman–Crippen LogP) is 5.03. The van der Waals surface area contributed by atoms with E-state index in [2.05, 4.69) is 5.32 Å². The molecular weight excluding hydrogens is 395 g/mol. The number of benzene rings is 2. The molecule has 0 saturated heterocycles. The zero-order valence-corrected chi connectivity index (χ0v) is 15.6. The zero-order chi connectivity index (χ0) is 20.5. The smallest absolute Gasteiger partial charge is 0.416 e. The molecule has 0 aromatic heterocycles. The average Bonchev–Trinajstić information content (AvgIpc) is 3.38. The summed E-state index contributed by atoms with van der Waals surface area (Å²) in [6, 6.07) is 10.9. The van der Waals surface area contributed by atoms with Crippen molar-refractivity contribution in [3.8, 4) is 0 Å². The van der Waals surface area contributed by atoms with E-state index in [0.717, 1.165) is 12.1 Å². The van der Waals surface area contributed by atoms with Crippen molar-refractivity contribution in [1.29, 1.82) is 0 Å². The van der Waals surface area contributed by atoms with Gasteiger partial charge in [0.05, 0.1) is 12.2 Å². The van der Waals surface area contributed by atoms with E-state index < -0.39 is 34.9 Å². The summed E-state index contributed by atoms with van der Waals surface area (Å²) in [6.07, 6.45) is -4.30. The van der Waals surface area contributed by atoms with Crippen molar-refractivity contribution >= 4 is 29.2 Å². The van der Waals surface area contributed by atoms with Gasteiger partial charge in [-0.15, -0.1) is 0 Å². The van der Waals surface area contributed by atoms with Gasteiger partial charge in [0.25, 0.3) is 0 Å². The average molecular weight is 412 g/mol. The van der Waals surface area contributed by atoms with Gasteiger partial charge in [0.2, 0.25) is 5.91 Å². The molecule has 148 valence electrons. The molecule has 8 heteroatoms. The molecule has 0 bridgehead atoms. The van der Waals surface area contributed by atoms with Crippen molar-refractivity contribution in [2.45, 2.75) is 25.4 Å². The number of rotatable bonds is 5. The van der Waals surface area contributed by atoms with E-state index in [4.69, 9.17) is 16.3 Å². The summed E-state index contributed by atoms with van der Waals surface area (Å²) in [7, 11) is 0. The van der Waals surface area contributed by atoms with Gasteiger partial charge in [-0.25, -0.2) is 0 Å². The third-order valence-electron chi connectivity index (χ3n) is 4.73. The molecule has 28 heavy (non-hydrogen) atoms. The molecule has 2 aromatic carbocycles. The first kappa shape index (κ1) is 20.2. The largest absolute Gasteiger partial charge is 0.465 e. The number of carbonyl (C=O) groups excluding carboxylic acids is 2. The SMILES string of the molecule is CCOC(=O)C1(C(=O)Nc2cccc(Cl)c2)CC1c1ccc(C(F)(F)F)cc1. The van der Waals surface area contributed by atoms with E-state index in [-0.39, 0.29) is 13.0 Å². The van der Waals surface area contributed by atoms with E-state index in [9.17, 15) is 22.8 Å². The molecule has 1 fully saturated rings. The lowest BCUT2D eigenvalue weighted by Gasteiger charge is -2.17. The summed E-state index contributed by atoms with van der Waals surface area (Å²) in [5, 5.41) is 3.07. The lowest BCUT2D eigenvalue weighted by molar-refractivity contribution is -0.153. The van der Waals surface area contributed by atoms with Gasteiger partial charge in [-0.3, -0.25) is 9.59 Å². The first-order valence-corrected chi connectivity index (χ1v) is 8.97. The van der Waals surface area contributed by atoms with Crippen LogP contribution in [-0.4, -0.2) is 18.5 Å². The molecule has 3 rings (SSSR count). The number of alkyl halides is 3. The molecule has 0 heterocycles.